The SMILES string of the molecule is CCN(CC)C(=O)C1CCCN1C(=O)C(C)C1CNC1. The molecule has 0 radical (unpaired) electrons. The summed E-state index contributed by atoms with van der Waals surface area (Å²) in [5.41, 5.74) is 0. The van der Waals surface area contributed by atoms with Gasteiger partial charge in [0.1, 0.15) is 6.04 Å². The van der Waals surface area contributed by atoms with E-state index in [9.17, 15) is 9.59 Å². The van der Waals surface area contributed by atoms with Crippen molar-refractivity contribution in [2.75, 3.05) is 32.7 Å². The quantitative estimate of drug-likeness (QED) is 0.807. The van der Waals surface area contributed by atoms with Gasteiger partial charge in [-0.2, -0.15) is 0 Å². The highest BCUT2D eigenvalue weighted by Gasteiger charge is 2.40. The molecule has 2 aliphatic heterocycles. The van der Waals surface area contributed by atoms with Crippen molar-refractivity contribution in [2.24, 2.45) is 11.8 Å². The van der Waals surface area contributed by atoms with Gasteiger partial charge in [-0.25, -0.2) is 0 Å². The second-order valence-corrected chi connectivity index (χ2v) is 5.91. The van der Waals surface area contributed by atoms with Crippen LogP contribution in [0.2, 0.25) is 0 Å². The molecule has 0 aromatic heterocycles. The Morgan fingerprint density at radius 2 is 1.95 bits per heavy atom. The number of nitrogens with zero attached hydrogens (tertiary/aromatic N) is 2. The third-order valence-corrected chi connectivity index (χ3v) is 4.81. The van der Waals surface area contributed by atoms with Gasteiger partial charge in [0.2, 0.25) is 11.8 Å². The molecule has 5 heteroatoms. The fraction of sp³-hybridized carbons (Fsp3) is 0.867. The van der Waals surface area contributed by atoms with Gasteiger partial charge in [0.25, 0.3) is 0 Å². The van der Waals surface area contributed by atoms with Crippen LogP contribution in [0.25, 0.3) is 0 Å². The van der Waals surface area contributed by atoms with Gasteiger partial charge in [0, 0.05) is 25.6 Å². The Morgan fingerprint density at radius 3 is 2.45 bits per heavy atom. The summed E-state index contributed by atoms with van der Waals surface area (Å²) in [6.07, 6.45) is 1.76. The molecule has 2 heterocycles. The fourth-order valence-corrected chi connectivity index (χ4v) is 3.16. The Labute approximate surface area is 121 Å². The van der Waals surface area contributed by atoms with E-state index in [1.54, 1.807) is 0 Å². The third-order valence-electron chi connectivity index (χ3n) is 4.81. The second-order valence-electron chi connectivity index (χ2n) is 5.91. The molecule has 2 unspecified atom stereocenters. The summed E-state index contributed by atoms with van der Waals surface area (Å²) >= 11 is 0. The fourth-order valence-electron chi connectivity index (χ4n) is 3.16. The zero-order valence-electron chi connectivity index (χ0n) is 12.9. The normalized spacial score (nSPS) is 24.4. The lowest BCUT2D eigenvalue weighted by molar-refractivity contribution is -0.146. The zero-order chi connectivity index (χ0) is 14.7. The predicted octanol–water partition coefficient (Wildman–Crippen LogP) is 0.701. The molecule has 1 N–H and O–H groups in total. The molecule has 2 fully saturated rings. The summed E-state index contributed by atoms with van der Waals surface area (Å²) in [7, 11) is 0. The molecule has 0 aliphatic carbocycles. The summed E-state index contributed by atoms with van der Waals surface area (Å²) in [4.78, 5) is 28.8. The van der Waals surface area contributed by atoms with Crippen molar-refractivity contribution in [3.63, 3.8) is 0 Å². The van der Waals surface area contributed by atoms with Crippen LogP contribution in [0.3, 0.4) is 0 Å². The molecule has 114 valence electrons. The molecule has 5 nitrogen and oxygen atoms in total. The van der Waals surface area contributed by atoms with Gasteiger partial charge in [-0.05, 0) is 45.7 Å². The van der Waals surface area contributed by atoms with E-state index in [4.69, 9.17) is 0 Å². The maximum absolute atomic E-state index is 12.6. The molecule has 0 spiro atoms. The van der Waals surface area contributed by atoms with E-state index in [-0.39, 0.29) is 23.8 Å². The van der Waals surface area contributed by atoms with Crippen LogP contribution in [-0.2, 0) is 9.59 Å². The average Bonchev–Trinajstić information content (AvgIpc) is 2.86. The monoisotopic (exact) mass is 281 g/mol. The number of carbonyl (C=O) groups excluding carboxylic acids is 2. The van der Waals surface area contributed by atoms with Gasteiger partial charge in [-0.1, -0.05) is 6.92 Å². The summed E-state index contributed by atoms with van der Waals surface area (Å²) in [5.74, 6) is 0.757. The molecular formula is C15H27N3O2. The van der Waals surface area contributed by atoms with E-state index in [0.29, 0.717) is 5.92 Å². The highest BCUT2D eigenvalue weighted by atomic mass is 16.2. The van der Waals surface area contributed by atoms with E-state index in [2.05, 4.69) is 5.32 Å². The molecule has 2 atom stereocenters. The molecule has 0 saturated carbocycles. The van der Waals surface area contributed by atoms with E-state index in [1.807, 2.05) is 30.6 Å². The summed E-state index contributed by atoms with van der Waals surface area (Å²) in [5, 5.41) is 3.21. The van der Waals surface area contributed by atoms with Crippen LogP contribution >= 0.6 is 0 Å². The molecule has 0 bridgehead atoms. The minimum Gasteiger partial charge on any atom is -0.341 e. The first-order valence-electron chi connectivity index (χ1n) is 7.90. The lowest BCUT2D eigenvalue weighted by Gasteiger charge is -2.36. The first kappa shape index (κ1) is 15.3. The first-order chi connectivity index (χ1) is 9.60. The molecular weight excluding hydrogens is 254 g/mol. The topological polar surface area (TPSA) is 52.7 Å². The van der Waals surface area contributed by atoms with Crippen LogP contribution in [0, 0.1) is 11.8 Å². The van der Waals surface area contributed by atoms with E-state index in [0.717, 1.165) is 45.6 Å². The van der Waals surface area contributed by atoms with E-state index >= 15 is 0 Å². The highest BCUT2D eigenvalue weighted by molar-refractivity contribution is 5.89. The lowest BCUT2D eigenvalue weighted by Crippen LogP contribution is -2.53. The van der Waals surface area contributed by atoms with Crippen molar-refractivity contribution in [3.05, 3.63) is 0 Å². The Bertz CT molecular complexity index is 364. The number of amides is 2. The maximum atomic E-state index is 12.6. The standard InChI is InChI=1S/C15H27N3O2/c1-4-17(5-2)15(20)13-7-6-8-18(13)14(19)11(3)12-9-16-10-12/h11-13,16H,4-10H2,1-3H3. The van der Waals surface area contributed by atoms with Crippen molar-refractivity contribution < 1.29 is 9.59 Å². The third kappa shape index (κ3) is 2.82. The second kappa shape index (κ2) is 6.57. The Kier molecular flexibility index (Phi) is 5.02. The van der Waals surface area contributed by atoms with Crippen LogP contribution in [0.15, 0.2) is 0 Å². The minimum absolute atomic E-state index is 0.0290. The van der Waals surface area contributed by atoms with Crippen molar-refractivity contribution >= 4 is 11.8 Å². The number of carbonyl (C=O) groups is 2. The minimum atomic E-state index is -0.224. The highest BCUT2D eigenvalue weighted by Crippen LogP contribution is 2.25. The van der Waals surface area contributed by atoms with Crippen LogP contribution in [0.5, 0.6) is 0 Å². The maximum Gasteiger partial charge on any atom is 0.245 e. The number of hydrogen-bond acceptors (Lipinski definition) is 3. The molecule has 2 rings (SSSR count). The number of likely N-dealkylation sites (N-methyl/N-ethyl adjacent to an activating group) is 1. The van der Waals surface area contributed by atoms with Crippen molar-refractivity contribution in [2.45, 2.75) is 39.7 Å². The number of likely N-dealkylation sites (tertiary alicyclic amines) is 1. The molecule has 0 aromatic rings. The number of nitrogens with one attached hydrogen (secondary N) is 1. The van der Waals surface area contributed by atoms with Crippen LogP contribution < -0.4 is 5.32 Å². The van der Waals surface area contributed by atoms with E-state index in [1.165, 1.54) is 0 Å². The number of rotatable bonds is 5. The van der Waals surface area contributed by atoms with Gasteiger partial charge < -0.3 is 15.1 Å². The first-order valence-corrected chi connectivity index (χ1v) is 7.90. The molecule has 2 amide bonds. The summed E-state index contributed by atoms with van der Waals surface area (Å²) in [6.45, 7) is 10.0. The van der Waals surface area contributed by atoms with Crippen LogP contribution in [0.4, 0.5) is 0 Å². The smallest absolute Gasteiger partial charge is 0.245 e. The molecule has 20 heavy (non-hydrogen) atoms. The predicted molar refractivity (Wildman–Crippen MR) is 78.2 cm³/mol. The number of hydrogen-bond donors (Lipinski definition) is 1. The Hall–Kier alpha value is -1.10. The van der Waals surface area contributed by atoms with Crippen LogP contribution in [-0.4, -0.2) is 60.4 Å². The van der Waals surface area contributed by atoms with Crippen LogP contribution in [0.1, 0.15) is 33.6 Å². The van der Waals surface area contributed by atoms with Crippen molar-refractivity contribution in [1.29, 1.82) is 0 Å². The Balaban J connectivity index is 2.02. The van der Waals surface area contributed by atoms with Gasteiger partial charge in [-0.3, -0.25) is 9.59 Å². The molecule has 2 aliphatic rings. The van der Waals surface area contributed by atoms with Crippen molar-refractivity contribution in [1.82, 2.24) is 15.1 Å². The summed E-state index contributed by atoms with van der Waals surface area (Å²) in [6, 6.07) is -0.224. The van der Waals surface area contributed by atoms with Gasteiger partial charge in [0.15, 0.2) is 0 Å². The summed E-state index contributed by atoms with van der Waals surface area (Å²) < 4.78 is 0. The zero-order valence-corrected chi connectivity index (χ0v) is 12.9. The average molecular weight is 281 g/mol. The van der Waals surface area contributed by atoms with Gasteiger partial charge >= 0.3 is 0 Å². The largest absolute Gasteiger partial charge is 0.341 e. The molecule has 0 aromatic carbocycles. The van der Waals surface area contributed by atoms with E-state index < -0.39 is 0 Å². The molecule has 2 saturated heterocycles. The van der Waals surface area contributed by atoms with Crippen molar-refractivity contribution in [3.8, 4) is 0 Å². The lowest BCUT2D eigenvalue weighted by atomic mass is 9.87. The Morgan fingerprint density at radius 1 is 1.30 bits per heavy atom. The van der Waals surface area contributed by atoms with Gasteiger partial charge in [0.05, 0.1) is 0 Å². The van der Waals surface area contributed by atoms with Gasteiger partial charge in [-0.15, -0.1) is 0 Å².